The maximum absolute atomic E-state index is 14.7. The summed E-state index contributed by atoms with van der Waals surface area (Å²) in [5.74, 6) is 0.548. The normalized spacial score (nSPS) is 11.9. The molecule has 9 heteroatoms. The number of benzene rings is 1. The smallest absolute Gasteiger partial charge is 0.335 e. The second-order valence-electron chi connectivity index (χ2n) is 8.33. The van der Waals surface area contributed by atoms with Crippen LogP contribution >= 0.6 is 0 Å². The Morgan fingerprint density at radius 1 is 1.11 bits per heavy atom. The molecule has 7 nitrogen and oxygen atoms in total. The minimum atomic E-state index is -0.750. The van der Waals surface area contributed by atoms with Crippen molar-refractivity contribution in [2.24, 2.45) is 0 Å². The van der Waals surface area contributed by atoms with Crippen molar-refractivity contribution in [3.63, 3.8) is 0 Å². The summed E-state index contributed by atoms with van der Waals surface area (Å²) in [6.07, 6.45) is 3.49. The highest BCUT2D eigenvalue weighted by Crippen LogP contribution is 2.34. The molecule has 0 unspecified atom stereocenters. The third-order valence-corrected chi connectivity index (χ3v) is 6.28. The van der Waals surface area contributed by atoms with Crippen LogP contribution < -0.4 is 4.74 Å². The molecular weight excluding hydrogens is 467 g/mol. The highest BCUT2D eigenvalue weighted by Gasteiger charge is 2.22. The van der Waals surface area contributed by atoms with E-state index in [0.717, 1.165) is 50.7 Å². The van der Waals surface area contributed by atoms with Gasteiger partial charge >= 0.3 is 11.6 Å². The fourth-order valence-corrected chi connectivity index (χ4v) is 4.75. The molecule has 0 spiro atoms. The molecule has 0 aliphatic carbocycles. The lowest BCUT2D eigenvalue weighted by molar-refractivity contribution is 0.356. The molecule has 3 aromatic heterocycles. The van der Waals surface area contributed by atoms with Gasteiger partial charge in [0.15, 0.2) is 0 Å². The molecule has 0 radical (unpaired) electrons. The number of pyridine rings is 2. The Bertz CT molecular complexity index is 1520. The van der Waals surface area contributed by atoms with Crippen LogP contribution in [0.2, 0.25) is 0 Å². The summed E-state index contributed by atoms with van der Waals surface area (Å²) in [5.41, 5.74) is 8.63. The second kappa shape index (κ2) is 10.2. The number of hydrogen-bond acceptors (Lipinski definition) is 6. The van der Waals surface area contributed by atoms with Crippen LogP contribution in [0, 0.1) is 37.9 Å². The first-order valence-corrected chi connectivity index (χ1v) is 11.7. The number of nitriles is 1. The van der Waals surface area contributed by atoms with Crippen molar-refractivity contribution in [3.8, 4) is 22.9 Å². The van der Waals surface area contributed by atoms with E-state index in [2.05, 4.69) is 16.0 Å². The Kier molecular flexibility index (Phi) is 7.03. The molecule has 0 fully saturated rings. The Morgan fingerprint density at radius 2 is 1.89 bits per heavy atom. The van der Waals surface area contributed by atoms with Gasteiger partial charge in [0.25, 0.3) is 0 Å². The molecule has 1 aliphatic rings. The van der Waals surface area contributed by atoms with Crippen LogP contribution in [0.25, 0.3) is 16.6 Å². The first-order chi connectivity index (χ1) is 16.9. The van der Waals surface area contributed by atoms with E-state index in [-0.39, 0.29) is 5.82 Å². The highest BCUT2D eigenvalue weighted by molar-refractivity contribution is 7.51. The number of hydrogen-bond donors (Lipinski definition) is 0. The first kappa shape index (κ1) is 24.2. The lowest BCUT2D eigenvalue weighted by atomic mass is 9.95. The van der Waals surface area contributed by atoms with E-state index in [1.807, 2.05) is 43.4 Å². The molecule has 5 rings (SSSR count). The van der Waals surface area contributed by atoms with Crippen molar-refractivity contribution < 1.29 is 17.5 Å². The summed E-state index contributed by atoms with van der Waals surface area (Å²) in [6, 6.07) is 11.5. The molecule has 0 saturated heterocycles. The topological polar surface area (TPSA) is 97.3 Å². The van der Waals surface area contributed by atoms with Crippen molar-refractivity contribution in [1.29, 1.82) is 5.26 Å². The Balaban J connectivity index is 0.000000917. The van der Waals surface area contributed by atoms with Crippen LogP contribution in [0.5, 0.6) is 5.75 Å². The molecule has 4 heterocycles. The summed E-state index contributed by atoms with van der Waals surface area (Å²) in [5, 5.41) is 9.98. The van der Waals surface area contributed by atoms with Gasteiger partial charge in [-0.05, 0) is 63.4 Å². The zero-order chi connectivity index (χ0) is 25.1. The summed E-state index contributed by atoms with van der Waals surface area (Å²) in [7, 11) is 0. The van der Waals surface area contributed by atoms with Crippen LogP contribution in [-0.4, -0.2) is 29.4 Å². The van der Waals surface area contributed by atoms with Gasteiger partial charge in [-0.3, -0.25) is 4.98 Å². The average molecular weight is 491 g/mol. The van der Waals surface area contributed by atoms with Gasteiger partial charge in [-0.15, -0.1) is 0 Å². The number of rotatable bonds is 4. The summed E-state index contributed by atoms with van der Waals surface area (Å²) >= 11 is -0.750. The van der Waals surface area contributed by atoms with E-state index in [9.17, 15) is 9.65 Å². The van der Waals surface area contributed by atoms with Gasteiger partial charge in [0.05, 0.1) is 29.7 Å². The summed E-state index contributed by atoms with van der Waals surface area (Å²) in [4.78, 5) is 9.14. The van der Waals surface area contributed by atoms with Crippen molar-refractivity contribution in [1.82, 2.24) is 14.4 Å². The Labute approximate surface area is 205 Å². The van der Waals surface area contributed by atoms with E-state index in [1.54, 1.807) is 12.4 Å². The van der Waals surface area contributed by atoms with Gasteiger partial charge in [-0.1, -0.05) is 6.07 Å². The standard InChI is InChI=1S/C26H23FN4O.O2S/c1-15-4-5-19(16(2)30-15)22-12-18(13-28)24(31-14-29-17(3)26(22)31)8-6-20-21-10-11-32-25(21)9-7-23(20)27;1-3-2/h4-5,7,9,12,14H,6,8,10-11H2,1-3H3;. The molecule has 0 amide bonds. The predicted octanol–water partition coefficient (Wildman–Crippen LogP) is 4.38. The largest absolute Gasteiger partial charge is 0.493 e. The van der Waals surface area contributed by atoms with Crippen molar-refractivity contribution >= 4 is 17.1 Å². The fourth-order valence-electron chi connectivity index (χ4n) is 4.75. The van der Waals surface area contributed by atoms with Gasteiger partial charge in [-0.2, -0.15) is 13.7 Å². The molecular formula is C26H23FN4O3S. The number of imidazole rings is 1. The summed E-state index contributed by atoms with van der Waals surface area (Å²) < 4.78 is 38.8. The van der Waals surface area contributed by atoms with Crippen LogP contribution in [-0.2, 0) is 30.8 Å². The maximum Gasteiger partial charge on any atom is 0.335 e. The van der Waals surface area contributed by atoms with Gasteiger partial charge in [0, 0.05) is 40.2 Å². The molecule has 178 valence electrons. The van der Waals surface area contributed by atoms with Crippen LogP contribution in [0.4, 0.5) is 4.39 Å². The third-order valence-electron chi connectivity index (χ3n) is 6.28. The fraction of sp³-hybridized carbons (Fsp3) is 0.269. The van der Waals surface area contributed by atoms with Gasteiger partial charge in [-0.25, -0.2) is 9.37 Å². The lowest BCUT2D eigenvalue weighted by Gasteiger charge is -2.15. The van der Waals surface area contributed by atoms with E-state index in [1.165, 1.54) is 6.07 Å². The Hall–Kier alpha value is -3.90. The number of ether oxygens (including phenoxy) is 1. The summed E-state index contributed by atoms with van der Waals surface area (Å²) in [6.45, 7) is 6.49. The van der Waals surface area contributed by atoms with E-state index in [0.29, 0.717) is 37.0 Å². The van der Waals surface area contributed by atoms with Crippen molar-refractivity contribution in [3.05, 3.63) is 81.9 Å². The van der Waals surface area contributed by atoms with Crippen molar-refractivity contribution in [2.45, 2.75) is 40.0 Å². The molecule has 4 aromatic rings. The van der Waals surface area contributed by atoms with E-state index in [4.69, 9.17) is 13.2 Å². The van der Waals surface area contributed by atoms with Crippen LogP contribution in [0.3, 0.4) is 0 Å². The first-order valence-electron chi connectivity index (χ1n) is 11.1. The third kappa shape index (κ3) is 4.57. The second-order valence-corrected chi connectivity index (χ2v) is 8.47. The number of halogens is 1. The van der Waals surface area contributed by atoms with E-state index >= 15 is 0 Å². The maximum atomic E-state index is 14.7. The highest BCUT2D eigenvalue weighted by atomic mass is 32.1. The zero-order valence-electron chi connectivity index (χ0n) is 19.6. The number of nitrogens with zero attached hydrogens (tertiary/aromatic N) is 4. The molecule has 35 heavy (non-hydrogen) atoms. The molecule has 0 N–H and O–H groups in total. The average Bonchev–Trinajstić information content (AvgIpc) is 3.46. The molecule has 0 saturated carbocycles. The SMILES string of the molecule is Cc1ccc(-c2cc(C#N)c(CCc3c(F)ccc4c3CCO4)n3cnc(C)c23)c(C)n1.O=S=O. The quantitative estimate of drug-likeness (QED) is 0.421. The molecule has 0 atom stereocenters. The Morgan fingerprint density at radius 3 is 2.60 bits per heavy atom. The number of aryl methyl sites for hydroxylation is 4. The van der Waals surface area contributed by atoms with Gasteiger partial charge < -0.3 is 9.14 Å². The van der Waals surface area contributed by atoms with Gasteiger partial charge in [0.1, 0.15) is 17.6 Å². The minimum Gasteiger partial charge on any atom is -0.493 e. The van der Waals surface area contributed by atoms with E-state index < -0.39 is 11.6 Å². The number of aromatic nitrogens is 3. The molecule has 1 aromatic carbocycles. The molecule has 1 aliphatic heterocycles. The van der Waals surface area contributed by atoms with Crippen LogP contribution in [0.15, 0.2) is 36.7 Å². The lowest BCUT2D eigenvalue weighted by Crippen LogP contribution is -2.07. The predicted molar refractivity (Wildman–Crippen MR) is 129 cm³/mol. The monoisotopic (exact) mass is 490 g/mol. The molecule has 0 bridgehead atoms. The van der Waals surface area contributed by atoms with Crippen molar-refractivity contribution in [2.75, 3.05) is 6.61 Å². The zero-order valence-corrected chi connectivity index (χ0v) is 20.4. The minimum absolute atomic E-state index is 0.219. The van der Waals surface area contributed by atoms with Gasteiger partial charge in [0.2, 0.25) is 0 Å². The van der Waals surface area contributed by atoms with Crippen LogP contribution in [0.1, 0.15) is 39.5 Å². The number of fused-ring (bicyclic) bond motifs is 2.